The Morgan fingerprint density at radius 1 is 1.71 bits per heavy atom. The molecule has 0 radical (unpaired) electrons. The third-order valence-corrected chi connectivity index (χ3v) is 1.97. The van der Waals surface area contributed by atoms with Crippen LogP contribution in [0.25, 0.3) is 0 Å². The van der Waals surface area contributed by atoms with Gasteiger partial charge in [0.2, 0.25) is 0 Å². The summed E-state index contributed by atoms with van der Waals surface area (Å²) in [5, 5.41) is 0. The maximum Gasteiger partial charge on any atom is 0.0650 e. The van der Waals surface area contributed by atoms with E-state index in [2.05, 4.69) is 0 Å². The predicted molar refractivity (Wildman–Crippen MR) is 25.8 cm³/mol. The minimum Gasteiger partial charge on any atom is -0.379 e. The molecule has 2 nitrogen and oxygen atoms in total. The van der Waals surface area contributed by atoms with Gasteiger partial charge in [0.1, 0.15) is 0 Å². The Hall–Kier alpha value is -0.0800. The van der Waals surface area contributed by atoms with Gasteiger partial charge in [0.25, 0.3) is 0 Å². The lowest BCUT2D eigenvalue weighted by Gasteiger charge is -1.97. The molecule has 0 amide bonds. The average molecular weight is 99.1 g/mol. The average Bonchev–Trinajstić information content (AvgIpc) is 2.09. The molecule has 1 aliphatic heterocycles. The Balaban J connectivity index is 2.17. The van der Waals surface area contributed by atoms with Crippen molar-refractivity contribution in [1.82, 2.24) is 0 Å². The first-order valence-corrected chi connectivity index (χ1v) is 2.68. The molecule has 2 fully saturated rings. The molecule has 40 valence electrons. The van der Waals surface area contributed by atoms with Crippen molar-refractivity contribution >= 4 is 0 Å². The molecule has 1 heterocycles. The molecule has 2 atom stereocenters. The molecular weight excluding hydrogens is 90.1 g/mol. The van der Waals surface area contributed by atoms with Gasteiger partial charge in [-0.25, -0.2) is 0 Å². The first kappa shape index (κ1) is 3.87. The molecule has 7 heavy (non-hydrogen) atoms. The molecule has 0 bridgehead atoms. The number of hydrogen-bond donors (Lipinski definition) is 1. The van der Waals surface area contributed by atoms with Gasteiger partial charge in [0.05, 0.1) is 13.2 Å². The standard InChI is InChI=1S/C5H9NO/c6-5-1-4(5)2-7-3-5/h4H,1-3,6H2/t4-,5+/m0/s1. The van der Waals surface area contributed by atoms with Gasteiger partial charge in [0, 0.05) is 11.5 Å². The molecule has 0 aromatic heterocycles. The van der Waals surface area contributed by atoms with E-state index in [-0.39, 0.29) is 5.54 Å². The molecule has 1 saturated carbocycles. The van der Waals surface area contributed by atoms with Crippen molar-refractivity contribution in [3.8, 4) is 0 Å². The lowest BCUT2D eigenvalue weighted by molar-refractivity contribution is 0.161. The molecule has 0 unspecified atom stereocenters. The second-order valence-electron chi connectivity index (χ2n) is 2.65. The fraction of sp³-hybridized carbons (Fsp3) is 1.00. The fourth-order valence-corrected chi connectivity index (χ4v) is 1.19. The van der Waals surface area contributed by atoms with Crippen LogP contribution in [-0.4, -0.2) is 18.8 Å². The molecule has 0 aromatic rings. The van der Waals surface area contributed by atoms with E-state index in [1.807, 2.05) is 0 Å². The zero-order valence-electron chi connectivity index (χ0n) is 4.18. The smallest absolute Gasteiger partial charge is 0.0650 e. The normalized spacial score (nSPS) is 57.0. The zero-order valence-corrected chi connectivity index (χ0v) is 4.18. The van der Waals surface area contributed by atoms with E-state index in [9.17, 15) is 0 Å². The van der Waals surface area contributed by atoms with Crippen molar-refractivity contribution < 1.29 is 4.74 Å². The number of hydrogen-bond acceptors (Lipinski definition) is 2. The molecule has 2 N–H and O–H groups in total. The fourth-order valence-electron chi connectivity index (χ4n) is 1.19. The van der Waals surface area contributed by atoms with Gasteiger partial charge < -0.3 is 10.5 Å². The van der Waals surface area contributed by atoms with Crippen molar-refractivity contribution in [2.24, 2.45) is 11.7 Å². The summed E-state index contributed by atoms with van der Waals surface area (Å²) in [6.07, 6.45) is 1.20. The SMILES string of the molecule is N[C@]12COC[C@@H]1C2. The minimum absolute atomic E-state index is 0.139. The summed E-state index contributed by atoms with van der Waals surface area (Å²) < 4.78 is 5.08. The van der Waals surface area contributed by atoms with E-state index in [1.54, 1.807) is 0 Å². The minimum atomic E-state index is 0.139. The second kappa shape index (κ2) is 0.858. The van der Waals surface area contributed by atoms with Crippen LogP contribution < -0.4 is 5.73 Å². The third-order valence-electron chi connectivity index (χ3n) is 1.97. The molecule has 0 aromatic carbocycles. The summed E-state index contributed by atoms with van der Waals surface area (Å²) in [7, 11) is 0. The third kappa shape index (κ3) is 0.359. The number of ether oxygens (including phenoxy) is 1. The number of nitrogens with two attached hydrogens (primary N) is 1. The molecule has 1 aliphatic carbocycles. The Labute approximate surface area is 42.6 Å². The van der Waals surface area contributed by atoms with Crippen molar-refractivity contribution in [2.75, 3.05) is 13.2 Å². The van der Waals surface area contributed by atoms with Crippen LogP contribution in [0.4, 0.5) is 0 Å². The lowest BCUT2D eigenvalue weighted by Crippen LogP contribution is -2.25. The highest BCUT2D eigenvalue weighted by molar-refractivity contribution is 5.11. The van der Waals surface area contributed by atoms with Gasteiger partial charge in [-0.2, -0.15) is 0 Å². The first-order valence-electron chi connectivity index (χ1n) is 2.68. The molecule has 2 heteroatoms. The van der Waals surface area contributed by atoms with E-state index < -0.39 is 0 Å². The van der Waals surface area contributed by atoms with Crippen molar-refractivity contribution in [2.45, 2.75) is 12.0 Å². The summed E-state index contributed by atoms with van der Waals surface area (Å²) in [6.45, 7) is 1.72. The highest BCUT2D eigenvalue weighted by Crippen LogP contribution is 2.45. The van der Waals surface area contributed by atoms with Crippen molar-refractivity contribution in [3.63, 3.8) is 0 Å². The van der Waals surface area contributed by atoms with Crippen LogP contribution in [0, 0.1) is 5.92 Å². The molecule has 2 aliphatic rings. The highest BCUT2D eigenvalue weighted by atomic mass is 16.5. The molecular formula is C5H9NO. The van der Waals surface area contributed by atoms with Gasteiger partial charge in [-0.1, -0.05) is 0 Å². The van der Waals surface area contributed by atoms with Crippen molar-refractivity contribution in [1.29, 1.82) is 0 Å². The molecule has 0 spiro atoms. The monoisotopic (exact) mass is 99.1 g/mol. The van der Waals surface area contributed by atoms with Crippen molar-refractivity contribution in [3.05, 3.63) is 0 Å². The summed E-state index contributed by atoms with van der Waals surface area (Å²) >= 11 is 0. The lowest BCUT2D eigenvalue weighted by atomic mass is 10.3. The largest absolute Gasteiger partial charge is 0.379 e. The van der Waals surface area contributed by atoms with Crippen LogP contribution in [0.2, 0.25) is 0 Å². The van der Waals surface area contributed by atoms with Crippen LogP contribution in [0.3, 0.4) is 0 Å². The van der Waals surface area contributed by atoms with Crippen LogP contribution in [0.15, 0.2) is 0 Å². The van der Waals surface area contributed by atoms with E-state index >= 15 is 0 Å². The maximum atomic E-state index is 5.73. The van der Waals surface area contributed by atoms with E-state index in [0.29, 0.717) is 5.92 Å². The Bertz CT molecular complexity index is 102. The van der Waals surface area contributed by atoms with E-state index in [0.717, 1.165) is 13.2 Å². The van der Waals surface area contributed by atoms with Crippen LogP contribution >= 0.6 is 0 Å². The summed E-state index contributed by atoms with van der Waals surface area (Å²) in [5.74, 6) is 0.715. The zero-order chi connectivity index (χ0) is 4.91. The highest BCUT2D eigenvalue weighted by Gasteiger charge is 2.55. The summed E-state index contributed by atoms with van der Waals surface area (Å²) in [4.78, 5) is 0. The predicted octanol–water partition coefficient (Wildman–Crippen LogP) is -0.266. The molecule has 1 saturated heterocycles. The van der Waals surface area contributed by atoms with Crippen LogP contribution in [-0.2, 0) is 4.74 Å². The Morgan fingerprint density at radius 3 is 2.71 bits per heavy atom. The van der Waals surface area contributed by atoms with Gasteiger partial charge >= 0.3 is 0 Å². The topological polar surface area (TPSA) is 35.2 Å². The number of rotatable bonds is 0. The number of fused-ring (bicyclic) bond motifs is 1. The summed E-state index contributed by atoms with van der Waals surface area (Å²) in [5.41, 5.74) is 5.87. The molecule has 2 rings (SSSR count). The van der Waals surface area contributed by atoms with Gasteiger partial charge in [-0.05, 0) is 6.42 Å². The maximum absolute atomic E-state index is 5.73. The van der Waals surface area contributed by atoms with Gasteiger partial charge in [-0.3, -0.25) is 0 Å². The Kier molecular flexibility index (Phi) is 0.474. The quantitative estimate of drug-likeness (QED) is 0.454. The van der Waals surface area contributed by atoms with Gasteiger partial charge in [-0.15, -0.1) is 0 Å². The first-order chi connectivity index (χ1) is 3.31. The van der Waals surface area contributed by atoms with E-state index in [4.69, 9.17) is 10.5 Å². The Morgan fingerprint density at radius 2 is 2.57 bits per heavy atom. The summed E-state index contributed by atoms with van der Waals surface area (Å²) in [6, 6.07) is 0. The van der Waals surface area contributed by atoms with Crippen LogP contribution in [0.1, 0.15) is 6.42 Å². The second-order valence-corrected chi connectivity index (χ2v) is 2.65. The van der Waals surface area contributed by atoms with Crippen LogP contribution in [0.5, 0.6) is 0 Å². The van der Waals surface area contributed by atoms with E-state index in [1.165, 1.54) is 6.42 Å². The van der Waals surface area contributed by atoms with Gasteiger partial charge in [0.15, 0.2) is 0 Å².